The highest BCUT2D eigenvalue weighted by Gasteiger charge is 2.34. The van der Waals surface area contributed by atoms with Crippen molar-refractivity contribution in [2.75, 3.05) is 0 Å². The fraction of sp³-hybridized carbons (Fsp3) is 0.0588. The quantitative estimate of drug-likeness (QED) is 0.851. The Kier molecular flexibility index (Phi) is 3.06. The first-order valence-corrected chi connectivity index (χ1v) is 6.44. The van der Waals surface area contributed by atoms with Gasteiger partial charge in [0.1, 0.15) is 0 Å². The van der Waals surface area contributed by atoms with Crippen LogP contribution in [0.4, 0.5) is 4.79 Å². The fourth-order valence-electron chi connectivity index (χ4n) is 2.58. The van der Waals surface area contributed by atoms with E-state index < -0.39 is 6.16 Å². The van der Waals surface area contributed by atoms with Crippen molar-refractivity contribution in [1.29, 1.82) is 0 Å². The van der Waals surface area contributed by atoms with E-state index in [1.165, 1.54) is 0 Å². The van der Waals surface area contributed by atoms with Gasteiger partial charge in [0.25, 0.3) is 0 Å². The van der Waals surface area contributed by atoms with Crippen LogP contribution in [0.1, 0.15) is 27.0 Å². The van der Waals surface area contributed by atoms with Crippen molar-refractivity contribution < 1.29 is 19.4 Å². The molecule has 0 aromatic heterocycles. The van der Waals surface area contributed by atoms with Crippen LogP contribution < -0.4 is 0 Å². The molecule has 0 spiro atoms. The largest absolute Gasteiger partial charge is 0.511 e. The predicted molar refractivity (Wildman–Crippen MR) is 77.9 cm³/mol. The monoisotopic (exact) mass is 280 g/mol. The lowest BCUT2D eigenvalue weighted by Crippen LogP contribution is -2.01. The van der Waals surface area contributed by atoms with Crippen molar-refractivity contribution in [2.24, 2.45) is 0 Å². The fourth-order valence-corrected chi connectivity index (χ4v) is 2.58. The standard InChI is InChI=1S/C17H12O4/c1-10-6-5-9-12-13(10)16(21-17(19)20)14(15(12)18)11-7-3-2-4-8-11/h2-9H,1H3,(H,19,20). The Bertz CT molecular complexity index is 773. The van der Waals surface area contributed by atoms with Gasteiger partial charge >= 0.3 is 6.16 Å². The normalized spacial score (nSPS) is 13.3. The average molecular weight is 280 g/mol. The topological polar surface area (TPSA) is 63.6 Å². The van der Waals surface area contributed by atoms with Crippen molar-refractivity contribution in [1.82, 2.24) is 0 Å². The van der Waals surface area contributed by atoms with Crippen molar-refractivity contribution in [3.05, 3.63) is 70.8 Å². The first kappa shape index (κ1) is 13.1. The van der Waals surface area contributed by atoms with E-state index in [1.807, 2.05) is 19.1 Å². The molecule has 1 aliphatic carbocycles. The van der Waals surface area contributed by atoms with Crippen LogP contribution in [-0.4, -0.2) is 17.0 Å². The Labute approximate surface area is 121 Å². The van der Waals surface area contributed by atoms with Crippen LogP contribution in [0.15, 0.2) is 48.5 Å². The SMILES string of the molecule is Cc1cccc2c1C(OC(=O)O)=C(c1ccccc1)C2=O. The molecule has 3 rings (SSSR count). The summed E-state index contributed by atoms with van der Waals surface area (Å²) >= 11 is 0. The first-order chi connectivity index (χ1) is 10.1. The van der Waals surface area contributed by atoms with Crippen molar-refractivity contribution in [2.45, 2.75) is 6.92 Å². The second-order valence-electron chi connectivity index (χ2n) is 4.76. The highest BCUT2D eigenvalue weighted by molar-refractivity contribution is 6.39. The molecule has 0 amide bonds. The molecule has 0 bridgehead atoms. The summed E-state index contributed by atoms with van der Waals surface area (Å²) in [6, 6.07) is 14.2. The Morgan fingerprint density at radius 2 is 1.76 bits per heavy atom. The molecule has 104 valence electrons. The van der Waals surface area contributed by atoms with Crippen LogP contribution in [0.5, 0.6) is 0 Å². The van der Waals surface area contributed by atoms with Gasteiger partial charge in [-0.15, -0.1) is 0 Å². The summed E-state index contributed by atoms with van der Waals surface area (Å²) in [7, 11) is 0. The number of benzene rings is 2. The van der Waals surface area contributed by atoms with E-state index in [2.05, 4.69) is 0 Å². The lowest BCUT2D eigenvalue weighted by atomic mass is 10.0. The number of carboxylic acid groups (broad SMARTS) is 1. The summed E-state index contributed by atoms with van der Waals surface area (Å²) in [6.07, 6.45) is -1.43. The summed E-state index contributed by atoms with van der Waals surface area (Å²) in [5.74, 6) is -0.0945. The number of Topliss-reactive ketones (excluding diaryl/α,β-unsaturated/α-hetero) is 1. The number of ketones is 1. The minimum atomic E-state index is -1.43. The molecule has 1 aliphatic rings. The Morgan fingerprint density at radius 1 is 1.05 bits per heavy atom. The van der Waals surface area contributed by atoms with Gasteiger partial charge in [-0.2, -0.15) is 0 Å². The van der Waals surface area contributed by atoms with E-state index in [4.69, 9.17) is 9.84 Å². The third kappa shape index (κ3) is 2.10. The molecule has 0 unspecified atom stereocenters. The Hall–Kier alpha value is -2.88. The lowest BCUT2D eigenvalue weighted by molar-refractivity contribution is 0.105. The van der Waals surface area contributed by atoms with E-state index >= 15 is 0 Å². The highest BCUT2D eigenvalue weighted by Crippen LogP contribution is 2.40. The van der Waals surface area contributed by atoms with Gasteiger partial charge in [0.15, 0.2) is 11.5 Å². The van der Waals surface area contributed by atoms with E-state index in [0.29, 0.717) is 22.3 Å². The number of ether oxygens (including phenoxy) is 1. The van der Waals surface area contributed by atoms with Gasteiger partial charge in [0, 0.05) is 11.1 Å². The smallest absolute Gasteiger partial charge is 0.449 e. The van der Waals surface area contributed by atoms with Gasteiger partial charge in [-0.05, 0) is 18.1 Å². The minimum Gasteiger partial charge on any atom is -0.449 e. The maximum atomic E-state index is 12.6. The van der Waals surface area contributed by atoms with Gasteiger partial charge in [0.05, 0.1) is 5.57 Å². The van der Waals surface area contributed by atoms with E-state index in [0.717, 1.165) is 5.56 Å². The molecule has 1 N–H and O–H groups in total. The van der Waals surface area contributed by atoms with Crippen LogP contribution >= 0.6 is 0 Å². The van der Waals surface area contributed by atoms with Crippen LogP contribution in [0.25, 0.3) is 11.3 Å². The van der Waals surface area contributed by atoms with Gasteiger partial charge in [-0.25, -0.2) is 4.79 Å². The van der Waals surface area contributed by atoms with Gasteiger partial charge < -0.3 is 9.84 Å². The first-order valence-electron chi connectivity index (χ1n) is 6.44. The van der Waals surface area contributed by atoms with E-state index in [9.17, 15) is 9.59 Å². The zero-order valence-corrected chi connectivity index (χ0v) is 11.3. The second kappa shape index (κ2) is 4.90. The number of carbonyl (C=O) groups excluding carboxylic acids is 1. The zero-order chi connectivity index (χ0) is 15.0. The molecule has 0 saturated heterocycles. The summed E-state index contributed by atoms with van der Waals surface area (Å²) in [5.41, 5.74) is 2.79. The Balaban J connectivity index is 2.28. The molecule has 4 heteroatoms. The van der Waals surface area contributed by atoms with Crippen LogP contribution in [0.2, 0.25) is 0 Å². The number of allylic oxidation sites excluding steroid dienone is 1. The number of rotatable bonds is 2. The van der Waals surface area contributed by atoms with Crippen LogP contribution in [0.3, 0.4) is 0 Å². The maximum absolute atomic E-state index is 12.6. The number of hydrogen-bond donors (Lipinski definition) is 1. The second-order valence-corrected chi connectivity index (χ2v) is 4.76. The van der Waals surface area contributed by atoms with Crippen LogP contribution in [-0.2, 0) is 4.74 Å². The molecule has 0 aliphatic heterocycles. The molecule has 4 nitrogen and oxygen atoms in total. The molecule has 2 aromatic carbocycles. The molecular weight excluding hydrogens is 268 g/mol. The van der Waals surface area contributed by atoms with Crippen molar-refractivity contribution >= 4 is 23.3 Å². The molecule has 0 saturated carbocycles. The number of hydrogen-bond acceptors (Lipinski definition) is 3. The third-order valence-corrected chi connectivity index (χ3v) is 3.45. The highest BCUT2D eigenvalue weighted by atomic mass is 16.7. The molecule has 21 heavy (non-hydrogen) atoms. The molecule has 0 atom stereocenters. The zero-order valence-electron chi connectivity index (χ0n) is 11.3. The van der Waals surface area contributed by atoms with Gasteiger partial charge in [-0.1, -0.05) is 48.5 Å². The number of aryl methyl sites for hydroxylation is 1. The minimum absolute atomic E-state index is 0.117. The third-order valence-electron chi connectivity index (χ3n) is 3.45. The molecule has 0 radical (unpaired) electrons. The van der Waals surface area contributed by atoms with Gasteiger partial charge in [-0.3, -0.25) is 4.79 Å². The summed E-state index contributed by atoms with van der Waals surface area (Å²) in [4.78, 5) is 23.6. The average Bonchev–Trinajstić information content (AvgIpc) is 2.73. The summed E-state index contributed by atoms with van der Waals surface area (Å²) in [5, 5.41) is 8.97. The van der Waals surface area contributed by atoms with E-state index in [1.54, 1.807) is 36.4 Å². The summed E-state index contributed by atoms with van der Waals surface area (Å²) < 4.78 is 4.93. The Morgan fingerprint density at radius 3 is 2.43 bits per heavy atom. The van der Waals surface area contributed by atoms with Crippen LogP contribution in [0, 0.1) is 6.92 Å². The molecular formula is C17H12O4. The molecule has 0 heterocycles. The predicted octanol–water partition coefficient (Wildman–Crippen LogP) is 3.75. The maximum Gasteiger partial charge on any atom is 0.511 e. The molecule has 0 fully saturated rings. The van der Waals surface area contributed by atoms with Gasteiger partial charge in [0.2, 0.25) is 0 Å². The number of carbonyl (C=O) groups is 2. The lowest BCUT2D eigenvalue weighted by Gasteiger charge is -2.08. The number of fused-ring (bicyclic) bond motifs is 1. The summed E-state index contributed by atoms with van der Waals surface area (Å²) in [6.45, 7) is 1.82. The van der Waals surface area contributed by atoms with E-state index in [-0.39, 0.29) is 11.5 Å². The van der Waals surface area contributed by atoms with Crippen molar-refractivity contribution in [3.63, 3.8) is 0 Å². The molecule has 2 aromatic rings. The van der Waals surface area contributed by atoms with Crippen molar-refractivity contribution in [3.8, 4) is 0 Å².